The zero-order valence-electron chi connectivity index (χ0n) is 23.6. The molecule has 3 heterocycles. The fourth-order valence-corrected chi connectivity index (χ4v) is 5.35. The van der Waals surface area contributed by atoms with Crippen LogP contribution in [0.15, 0.2) is 67.3 Å². The monoisotopic (exact) mass is 527 g/mol. The fraction of sp³-hybridized carbons (Fsp3) is 0.406. The van der Waals surface area contributed by atoms with Crippen molar-refractivity contribution in [2.75, 3.05) is 49.5 Å². The largest absolute Gasteiger partial charge is 0.368 e. The number of allylic oxidation sites excluding steroid dienone is 2. The number of amides is 2. The van der Waals surface area contributed by atoms with Crippen LogP contribution in [0.1, 0.15) is 44.4 Å². The third-order valence-electron chi connectivity index (χ3n) is 7.76. The number of anilines is 3. The first-order chi connectivity index (χ1) is 18.7. The number of carbonyl (C=O) groups excluding carboxylic acids is 2. The second-order valence-corrected chi connectivity index (χ2v) is 11.1. The maximum atomic E-state index is 11.7. The first-order valence-electron chi connectivity index (χ1n) is 13.8. The summed E-state index contributed by atoms with van der Waals surface area (Å²) in [5.41, 5.74) is 5.49. The summed E-state index contributed by atoms with van der Waals surface area (Å²) < 4.78 is 0. The lowest BCUT2D eigenvalue weighted by Gasteiger charge is -2.48. The minimum absolute atomic E-state index is 0.0277. The Labute approximate surface area is 232 Å². The van der Waals surface area contributed by atoms with Crippen LogP contribution in [0.5, 0.6) is 0 Å². The van der Waals surface area contributed by atoms with Crippen LogP contribution in [-0.2, 0) is 9.59 Å². The quantitative estimate of drug-likeness (QED) is 0.323. The summed E-state index contributed by atoms with van der Waals surface area (Å²) in [5.74, 6) is 0.984. The topological polar surface area (TPSA) is 68.8 Å². The zero-order valence-corrected chi connectivity index (χ0v) is 23.6. The summed E-state index contributed by atoms with van der Waals surface area (Å²) in [6.45, 7) is 18.6. The molecular formula is C32H41N5O2. The molecule has 7 nitrogen and oxygen atoms in total. The van der Waals surface area contributed by atoms with Gasteiger partial charge in [-0.25, -0.2) is 4.98 Å². The summed E-state index contributed by atoms with van der Waals surface area (Å²) in [6, 6.07) is 12.4. The Morgan fingerprint density at radius 2 is 1.74 bits per heavy atom. The minimum Gasteiger partial charge on any atom is -0.368 e. The molecule has 0 radical (unpaired) electrons. The zero-order chi connectivity index (χ0) is 28.0. The highest BCUT2D eigenvalue weighted by Gasteiger charge is 2.39. The van der Waals surface area contributed by atoms with E-state index in [1.54, 1.807) is 6.92 Å². The lowest BCUT2D eigenvalue weighted by molar-refractivity contribution is -0.137. The molecule has 2 saturated heterocycles. The summed E-state index contributed by atoms with van der Waals surface area (Å²) in [7, 11) is 0. The van der Waals surface area contributed by atoms with Crippen LogP contribution < -0.4 is 10.2 Å². The van der Waals surface area contributed by atoms with Gasteiger partial charge in [0, 0.05) is 68.7 Å². The van der Waals surface area contributed by atoms with Gasteiger partial charge in [0.05, 0.1) is 0 Å². The van der Waals surface area contributed by atoms with E-state index in [0.29, 0.717) is 0 Å². The van der Waals surface area contributed by atoms with Gasteiger partial charge in [0.15, 0.2) is 0 Å². The number of piperazine rings is 1. The standard InChI is InChI=1S/C32H41N5O2/c1-6-31(39)37-22-32(5,23-37)17-7-8-24(2)9-10-27-11-16-30(33-25(27)3)34-28-12-14-29(15-13-28)36-20-18-35(19-21-36)26(4)38/h6,9-16H,1-2,7-8,17-23H2,3-5H3,(H,33,34)/b10-9-. The highest BCUT2D eigenvalue weighted by molar-refractivity contribution is 5.87. The number of nitrogens with zero attached hydrogens (tertiary/aromatic N) is 4. The van der Waals surface area contributed by atoms with Crippen molar-refractivity contribution in [3.63, 3.8) is 0 Å². The van der Waals surface area contributed by atoms with E-state index in [4.69, 9.17) is 4.98 Å². The van der Waals surface area contributed by atoms with E-state index in [2.05, 4.69) is 72.8 Å². The number of aryl methyl sites for hydroxylation is 1. The molecule has 2 aromatic rings. The van der Waals surface area contributed by atoms with E-state index in [-0.39, 0.29) is 17.2 Å². The van der Waals surface area contributed by atoms with Crippen molar-refractivity contribution in [2.45, 2.75) is 40.0 Å². The Morgan fingerprint density at radius 1 is 1.05 bits per heavy atom. The summed E-state index contributed by atoms with van der Waals surface area (Å²) in [4.78, 5) is 34.0. The summed E-state index contributed by atoms with van der Waals surface area (Å²) >= 11 is 0. The Bertz CT molecular complexity index is 1240. The maximum Gasteiger partial charge on any atom is 0.245 e. The molecule has 0 saturated carbocycles. The number of hydrogen-bond acceptors (Lipinski definition) is 5. The normalized spacial score (nSPS) is 16.6. The number of aromatic nitrogens is 1. The molecule has 2 aliphatic rings. The molecule has 0 bridgehead atoms. The second-order valence-electron chi connectivity index (χ2n) is 11.1. The van der Waals surface area contributed by atoms with Gasteiger partial charge in [-0.2, -0.15) is 0 Å². The predicted molar refractivity (Wildman–Crippen MR) is 160 cm³/mol. The van der Waals surface area contributed by atoms with Crippen LogP contribution in [0.3, 0.4) is 0 Å². The van der Waals surface area contributed by atoms with Crippen LogP contribution in [0, 0.1) is 12.3 Å². The number of likely N-dealkylation sites (tertiary alicyclic amines) is 1. The minimum atomic E-state index is 0.0277. The molecule has 4 rings (SSSR count). The Morgan fingerprint density at radius 3 is 2.36 bits per heavy atom. The van der Waals surface area contributed by atoms with Gasteiger partial charge in [-0.05, 0) is 74.2 Å². The average Bonchev–Trinajstić information content (AvgIpc) is 2.91. The maximum absolute atomic E-state index is 11.7. The number of carbonyl (C=O) groups is 2. The van der Waals surface area contributed by atoms with Gasteiger partial charge in [0.1, 0.15) is 5.82 Å². The number of nitrogens with one attached hydrogen (secondary N) is 1. The Hall–Kier alpha value is -3.87. The van der Waals surface area contributed by atoms with E-state index < -0.39 is 0 Å². The van der Waals surface area contributed by atoms with Crippen molar-refractivity contribution in [3.8, 4) is 0 Å². The first-order valence-corrected chi connectivity index (χ1v) is 13.8. The van der Waals surface area contributed by atoms with E-state index in [1.807, 2.05) is 22.8 Å². The molecule has 2 aliphatic heterocycles. The number of rotatable bonds is 10. The van der Waals surface area contributed by atoms with Crippen LogP contribution in [0.4, 0.5) is 17.2 Å². The third kappa shape index (κ3) is 7.37. The van der Waals surface area contributed by atoms with E-state index >= 15 is 0 Å². The first kappa shape index (κ1) is 28.1. The number of benzene rings is 1. The van der Waals surface area contributed by atoms with Gasteiger partial charge in [-0.1, -0.05) is 37.8 Å². The SMILES string of the molecule is C=CC(=O)N1CC(C)(CCCC(=C)/C=C\c2ccc(Nc3ccc(N4CCN(C(C)=O)CC4)cc3)nc2C)C1. The van der Waals surface area contributed by atoms with Gasteiger partial charge in [-0.15, -0.1) is 0 Å². The molecule has 0 aliphatic carbocycles. The van der Waals surface area contributed by atoms with Crippen LogP contribution >= 0.6 is 0 Å². The second kappa shape index (κ2) is 12.3. The van der Waals surface area contributed by atoms with Crippen molar-refractivity contribution in [3.05, 3.63) is 78.5 Å². The molecule has 7 heteroatoms. The predicted octanol–water partition coefficient (Wildman–Crippen LogP) is 5.58. The molecule has 0 atom stereocenters. The third-order valence-corrected chi connectivity index (χ3v) is 7.76. The van der Waals surface area contributed by atoms with Crippen molar-refractivity contribution < 1.29 is 9.59 Å². The van der Waals surface area contributed by atoms with Crippen molar-refractivity contribution >= 4 is 35.1 Å². The van der Waals surface area contributed by atoms with Gasteiger partial charge in [0.2, 0.25) is 11.8 Å². The van der Waals surface area contributed by atoms with Gasteiger partial charge >= 0.3 is 0 Å². The van der Waals surface area contributed by atoms with Crippen LogP contribution in [0.25, 0.3) is 6.08 Å². The van der Waals surface area contributed by atoms with Crippen molar-refractivity contribution in [2.24, 2.45) is 5.41 Å². The van der Waals surface area contributed by atoms with Crippen molar-refractivity contribution in [1.82, 2.24) is 14.8 Å². The van der Waals surface area contributed by atoms with Gasteiger partial charge < -0.3 is 20.0 Å². The summed E-state index contributed by atoms with van der Waals surface area (Å²) in [5, 5.41) is 3.40. The van der Waals surface area contributed by atoms with E-state index in [1.165, 1.54) is 11.8 Å². The average molecular weight is 528 g/mol. The van der Waals surface area contributed by atoms with Crippen molar-refractivity contribution in [1.29, 1.82) is 0 Å². The molecular weight excluding hydrogens is 486 g/mol. The molecule has 0 unspecified atom stereocenters. The van der Waals surface area contributed by atoms with Gasteiger partial charge in [-0.3, -0.25) is 9.59 Å². The Kier molecular flexibility index (Phi) is 8.90. The highest BCUT2D eigenvalue weighted by atomic mass is 16.2. The van der Waals surface area contributed by atoms with E-state index in [9.17, 15) is 9.59 Å². The van der Waals surface area contributed by atoms with Crippen LogP contribution in [0.2, 0.25) is 0 Å². The fourth-order valence-electron chi connectivity index (χ4n) is 5.35. The molecule has 2 amide bonds. The smallest absolute Gasteiger partial charge is 0.245 e. The molecule has 1 N–H and O–H groups in total. The summed E-state index contributed by atoms with van der Waals surface area (Å²) in [6.07, 6.45) is 8.65. The molecule has 0 spiro atoms. The molecule has 1 aromatic heterocycles. The lowest BCUT2D eigenvalue weighted by Crippen LogP contribution is -2.56. The molecule has 1 aromatic carbocycles. The molecule has 39 heavy (non-hydrogen) atoms. The Balaban J connectivity index is 1.23. The number of hydrogen-bond donors (Lipinski definition) is 1. The lowest BCUT2D eigenvalue weighted by atomic mass is 9.77. The molecule has 206 valence electrons. The van der Waals surface area contributed by atoms with Crippen LogP contribution in [-0.4, -0.2) is 65.9 Å². The van der Waals surface area contributed by atoms with E-state index in [0.717, 1.165) is 86.9 Å². The highest BCUT2D eigenvalue weighted by Crippen LogP contribution is 2.35. The number of pyridine rings is 1. The van der Waals surface area contributed by atoms with Gasteiger partial charge in [0.25, 0.3) is 0 Å². The molecule has 2 fully saturated rings.